The van der Waals surface area contributed by atoms with Gasteiger partial charge in [0.1, 0.15) is 11.9 Å². The Labute approximate surface area is 220 Å². The molecule has 0 aliphatic heterocycles. The summed E-state index contributed by atoms with van der Waals surface area (Å²) in [6.07, 6.45) is 8.79. The molecule has 1 heterocycles. The van der Waals surface area contributed by atoms with Crippen LogP contribution in [0.3, 0.4) is 0 Å². The lowest BCUT2D eigenvalue weighted by atomic mass is 9.84. The fraction of sp³-hybridized carbons (Fsp3) is 0.800. The van der Waals surface area contributed by atoms with Gasteiger partial charge in [-0.05, 0) is 53.9 Å². The highest BCUT2D eigenvalue weighted by Gasteiger charge is 2.41. The van der Waals surface area contributed by atoms with Crippen molar-refractivity contribution in [2.24, 2.45) is 5.92 Å². The molecule has 1 aliphatic rings. The average Bonchev–Trinajstić information content (AvgIpc) is 3.26. The van der Waals surface area contributed by atoms with Crippen LogP contribution in [-0.4, -0.2) is 63.5 Å². The Balaban J connectivity index is 2.07. The minimum atomic E-state index is -3.73. The van der Waals surface area contributed by atoms with E-state index in [0.717, 1.165) is 25.7 Å². The highest BCUT2D eigenvalue weighted by Crippen LogP contribution is 2.54. The molecular formula is C25H45N4O7P. The number of carbonyl (C=O) groups is 2. The molecule has 2 unspecified atom stereocenters. The van der Waals surface area contributed by atoms with Crippen LogP contribution in [0.2, 0.25) is 0 Å². The summed E-state index contributed by atoms with van der Waals surface area (Å²) in [5.41, 5.74) is -0.110. The number of aromatic nitrogens is 2. The number of imide groups is 1. The Morgan fingerprint density at radius 1 is 1.19 bits per heavy atom. The number of nitrogens with zero attached hydrogens (tertiary/aromatic N) is 2. The second kappa shape index (κ2) is 14.4. The Hall–Kier alpha value is -1.78. The number of aliphatic hydroxyl groups is 1. The predicted molar refractivity (Wildman–Crippen MR) is 141 cm³/mol. The lowest BCUT2D eigenvalue weighted by molar-refractivity contribution is 0.0547. The van der Waals surface area contributed by atoms with Gasteiger partial charge in [-0.1, -0.05) is 32.1 Å². The van der Waals surface area contributed by atoms with Gasteiger partial charge in [-0.3, -0.25) is 9.13 Å². The molecular weight excluding hydrogens is 499 g/mol. The minimum absolute atomic E-state index is 0.169. The van der Waals surface area contributed by atoms with Gasteiger partial charge < -0.3 is 24.2 Å². The largest absolute Gasteiger partial charge is 0.443 e. The van der Waals surface area contributed by atoms with Crippen LogP contribution in [0.25, 0.3) is 0 Å². The first kappa shape index (κ1) is 31.4. The van der Waals surface area contributed by atoms with Crippen molar-refractivity contribution in [2.75, 3.05) is 13.2 Å². The zero-order chi connectivity index (χ0) is 27.6. The molecule has 11 nitrogen and oxygen atoms in total. The van der Waals surface area contributed by atoms with Crippen LogP contribution >= 0.6 is 7.60 Å². The van der Waals surface area contributed by atoms with Crippen LogP contribution in [0.15, 0.2) is 12.5 Å². The molecule has 3 N–H and O–H groups in total. The van der Waals surface area contributed by atoms with Crippen LogP contribution in [0, 0.1) is 5.92 Å². The van der Waals surface area contributed by atoms with E-state index >= 15 is 0 Å². The molecule has 2 rings (SSSR count). The van der Waals surface area contributed by atoms with Crippen LogP contribution in [0.4, 0.5) is 9.59 Å². The molecule has 1 aromatic heterocycles. The summed E-state index contributed by atoms with van der Waals surface area (Å²) in [6, 6.07) is -1.34. The van der Waals surface area contributed by atoms with E-state index in [4.69, 9.17) is 13.8 Å². The van der Waals surface area contributed by atoms with E-state index in [0.29, 0.717) is 24.5 Å². The van der Waals surface area contributed by atoms with Crippen LogP contribution in [0.5, 0.6) is 0 Å². The molecule has 1 aromatic rings. The van der Waals surface area contributed by atoms with Crippen molar-refractivity contribution in [3.8, 4) is 0 Å². The Bertz CT molecular complexity index is 901. The zero-order valence-electron chi connectivity index (χ0n) is 23.1. The van der Waals surface area contributed by atoms with E-state index < -0.39 is 37.2 Å². The van der Waals surface area contributed by atoms with Gasteiger partial charge in [0.15, 0.2) is 5.85 Å². The molecule has 12 heteroatoms. The quantitative estimate of drug-likeness (QED) is 0.316. The van der Waals surface area contributed by atoms with Crippen LogP contribution in [-0.2, 0) is 24.8 Å². The van der Waals surface area contributed by atoms with E-state index in [2.05, 4.69) is 15.6 Å². The molecule has 0 bridgehead atoms. The molecule has 0 saturated heterocycles. The summed E-state index contributed by atoms with van der Waals surface area (Å²) in [5.74, 6) is -0.894. The van der Waals surface area contributed by atoms with Gasteiger partial charge >= 0.3 is 19.7 Å². The Morgan fingerprint density at radius 3 is 2.38 bits per heavy atom. The summed E-state index contributed by atoms with van der Waals surface area (Å²) in [6.45, 7) is 10.8. The van der Waals surface area contributed by atoms with Crippen molar-refractivity contribution in [3.63, 3.8) is 0 Å². The number of rotatable bonds is 12. The van der Waals surface area contributed by atoms with Crippen molar-refractivity contribution in [3.05, 3.63) is 18.2 Å². The topological polar surface area (TPSA) is 141 Å². The molecule has 37 heavy (non-hydrogen) atoms. The normalized spacial score (nSPS) is 17.7. The number of imidazole rings is 1. The fourth-order valence-electron chi connectivity index (χ4n) is 4.60. The fourth-order valence-corrected chi connectivity index (χ4v) is 6.35. The first-order valence-electron chi connectivity index (χ1n) is 13.3. The van der Waals surface area contributed by atoms with Gasteiger partial charge in [-0.15, -0.1) is 0 Å². The number of aliphatic hydroxyl groups excluding tert-OH is 1. The number of amides is 2. The van der Waals surface area contributed by atoms with E-state index in [1.165, 1.54) is 23.5 Å². The molecule has 212 valence electrons. The molecule has 0 aromatic carbocycles. The number of carbonyl (C=O) groups excluding carboxylic acids is 2. The number of nitrogens with one attached hydrogen (secondary N) is 2. The lowest BCUT2D eigenvalue weighted by Crippen LogP contribution is -2.46. The molecule has 0 spiro atoms. The van der Waals surface area contributed by atoms with E-state index in [-0.39, 0.29) is 19.3 Å². The standard InChI is InChI=1S/C25H45N4O7P/c1-7-34-37(33,35-8-2)22(30)21(15-19-12-10-9-11-13-19)27-18(3)14-20-16-29(17-26-20)23(31)28-24(32)36-25(4,5)6/h16-19,21-22,27,30H,7-15H2,1-6H3,(H,28,31,32)/t18?,21-,22?/m0/s1. The molecule has 1 fully saturated rings. The third-order valence-electron chi connectivity index (χ3n) is 6.11. The van der Waals surface area contributed by atoms with Crippen molar-refractivity contribution in [1.29, 1.82) is 0 Å². The SMILES string of the molecule is CCOP(=O)(OCC)C(O)[C@H](CC1CCCCC1)NC(C)Cc1cn(C(=O)NC(=O)OC(C)(C)C)cn1. The predicted octanol–water partition coefficient (Wildman–Crippen LogP) is 4.82. The number of ether oxygens (including phenoxy) is 1. The lowest BCUT2D eigenvalue weighted by Gasteiger charge is -2.34. The van der Waals surface area contributed by atoms with E-state index in [1.807, 2.05) is 6.92 Å². The highest BCUT2D eigenvalue weighted by molar-refractivity contribution is 7.54. The Morgan fingerprint density at radius 2 is 1.81 bits per heavy atom. The summed E-state index contributed by atoms with van der Waals surface area (Å²) in [7, 11) is -3.73. The van der Waals surface area contributed by atoms with E-state index in [1.54, 1.807) is 34.6 Å². The van der Waals surface area contributed by atoms with E-state index in [9.17, 15) is 19.3 Å². The zero-order valence-corrected chi connectivity index (χ0v) is 24.0. The van der Waals surface area contributed by atoms with Gasteiger partial charge in [0.25, 0.3) is 0 Å². The maximum atomic E-state index is 13.4. The molecule has 2 amide bonds. The average molecular weight is 545 g/mol. The molecule has 3 atom stereocenters. The van der Waals surface area contributed by atoms with Crippen LogP contribution < -0.4 is 10.6 Å². The van der Waals surface area contributed by atoms with Gasteiger partial charge in [-0.2, -0.15) is 0 Å². The summed E-state index contributed by atoms with van der Waals surface area (Å²) in [5, 5.41) is 16.8. The second-order valence-corrected chi connectivity index (χ2v) is 12.7. The summed E-state index contributed by atoms with van der Waals surface area (Å²) >= 11 is 0. The van der Waals surface area contributed by atoms with Crippen molar-refractivity contribution >= 4 is 19.7 Å². The third-order valence-corrected chi connectivity index (χ3v) is 8.35. The minimum Gasteiger partial charge on any atom is -0.443 e. The van der Waals surface area contributed by atoms with Gasteiger partial charge in [0.05, 0.1) is 18.9 Å². The number of hydrogen-bond donors (Lipinski definition) is 3. The van der Waals surface area contributed by atoms with Gasteiger partial charge in [-0.25, -0.2) is 19.9 Å². The maximum absolute atomic E-state index is 13.4. The summed E-state index contributed by atoms with van der Waals surface area (Å²) < 4.78 is 30.5. The monoisotopic (exact) mass is 544 g/mol. The smallest absolute Gasteiger partial charge is 0.415 e. The molecule has 1 aliphatic carbocycles. The number of hydrogen-bond acceptors (Lipinski definition) is 9. The Kier molecular flexibility index (Phi) is 12.2. The van der Waals surface area contributed by atoms with Crippen molar-refractivity contribution in [1.82, 2.24) is 20.2 Å². The third kappa shape index (κ3) is 10.5. The maximum Gasteiger partial charge on any atom is 0.415 e. The summed E-state index contributed by atoms with van der Waals surface area (Å²) in [4.78, 5) is 28.5. The first-order chi connectivity index (χ1) is 17.4. The van der Waals surface area contributed by atoms with Crippen LogP contribution in [0.1, 0.15) is 85.8 Å². The highest BCUT2D eigenvalue weighted by atomic mass is 31.2. The molecule has 0 radical (unpaired) electrons. The van der Waals surface area contributed by atoms with Crippen molar-refractivity contribution in [2.45, 2.75) is 110 Å². The molecule has 1 saturated carbocycles. The second-order valence-electron chi connectivity index (χ2n) is 10.6. The van der Waals surface area contributed by atoms with Gasteiger partial charge in [0.2, 0.25) is 0 Å². The van der Waals surface area contributed by atoms with Crippen molar-refractivity contribution < 1.29 is 33.0 Å². The van der Waals surface area contributed by atoms with Gasteiger partial charge in [0, 0.05) is 24.7 Å². The first-order valence-corrected chi connectivity index (χ1v) is 14.9. The number of alkyl carbamates (subject to hydrolysis) is 1.